The fourth-order valence-electron chi connectivity index (χ4n) is 5.87. The maximum Gasteiger partial charge on any atom is 0.258 e. The molecule has 0 bridgehead atoms. The van der Waals surface area contributed by atoms with Gasteiger partial charge in [0.2, 0.25) is 11.8 Å². The molecule has 0 saturated heterocycles. The summed E-state index contributed by atoms with van der Waals surface area (Å²) in [4.78, 5) is 44.1. The van der Waals surface area contributed by atoms with Crippen LogP contribution < -0.4 is 20.7 Å². The molecule has 2 aromatic rings. The lowest BCUT2D eigenvalue weighted by molar-refractivity contribution is -0.134. The van der Waals surface area contributed by atoms with Gasteiger partial charge in [-0.2, -0.15) is 0 Å². The molecule has 0 aliphatic heterocycles. The van der Waals surface area contributed by atoms with Crippen LogP contribution in [0.3, 0.4) is 0 Å². The van der Waals surface area contributed by atoms with E-state index in [0.717, 1.165) is 31.4 Å². The summed E-state index contributed by atoms with van der Waals surface area (Å²) in [5, 5.41) is 20.5. The number of carbonyl (C=O) groups excluding carboxylic acids is 3. The number of ether oxygens (including phenoxy) is 1. The van der Waals surface area contributed by atoms with Crippen molar-refractivity contribution in [1.29, 1.82) is 0 Å². The van der Waals surface area contributed by atoms with Gasteiger partial charge in [0.1, 0.15) is 11.8 Å². The summed E-state index contributed by atoms with van der Waals surface area (Å²) >= 11 is 0. The molecule has 1 aliphatic carbocycles. The number of para-hydroxylation sites is 1. The van der Waals surface area contributed by atoms with Gasteiger partial charge in [-0.3, -0.25) is 19.4 Å². The van der Waals surface area contributed by atoms with Crippen LogP contribution in [0.25, 0.3) is 0 Å². The van der Waals surface area contributed by atoms with Crippen LogP contribution >= 0.6 is 0 Å². The van der Waals surface area contributed by atoms with E-state index in [1.54, 1.807) is 18.3 Å². The van der Waals surface area contributed by atoms with Gasteiger partial charge in [0.25, 0.3) is 5.91 Å². The lowest BCUT2D eigenvalue weighted by Gasteiger charge is -2.33. The first kappa shape index (κ1) is 35.0. The zero-order valence-electron chi connectivity index (χ0n) is 26.8. The van der Waals surface area contributed by atoms with Crippen LogP contribution in [0.1, 0.15) is 84.8 Å². The van der Waals surface area contributed by atoms with Crippen molar-refractivity contribution >= 4 is 17.7 Å². The van der Waals surface area contributed by atoms with Crippen LogP contribution in [-0.2, 0) is 20.9 Å². The second kappa shape index (κ2) is 18.4. The Morgan fingerprint density at radius 1 is 0.955 bits per heavy atom. The van der Waals surface area contributed by atoms with E-state index in [9.17, 15) is 19.5 Å². The van der Waals surface area contributed by atoms with Crippen molar-refractivity contribution in [3.8, 4) is 5.75 Å². The number of nitrogens with one attached hydrogen (secondary N) is 3. The van der Waals surface area contributed by atoms with E-state index in [-0.39, 0.29) is 49.1 Å². The minimum atomic E-state index is -0.934. The molecule has 1 aliphatic rings. The van der Waals surface area contributed by atoms with Crippen LogP contribution in [0.15, 0.2) is 54.7 Å². The van der Waals surface area contributed by atoms with E-state index in [1.807, 2.05) is 64.1 Å². The molecule has 1 saturated carbocycles. The molecule has 0 radical (unpaired) electrons. The number of pyridine rings is 1. The van der Waals surface area contributed by atoms with Crippen molar-refractivity contribution in [3.05, 3.63) is 60.4 Å². The zero-order valence-corrected chi connectivity index (χ0v) is 26.8. The zero-order chi connectivity index (χ0) is 31.9. The molecular weight excluding hydrogens is 556 g/mol. The van der Waals surface area contributed by atoms with E-state index >= 15 is 0 Å². The highest BCUT2D eigenvalue weighted by atomic mass is 16.5. The molecule has 5 atom stereocenters. The molecule has 0 spiro atoms. The van der Waals surface area contributed by atoms with Gasteiger partial charge >= 0.3 is 0 Å². The van der Waals surface area contributed by atoms with E-state index in [0.29, 0.717) is 24.5 Å². The second-order valence-electron chi connectivity index (χ2n) is 12.6. The summed E-state index contributed by atoms with van der Waals surface area (Å²) in [6, 6.07) is 13.4. The Kier molecular flexibility index (Phi) is 14.6. The molecule has 4 N–H and O–H groups in total. The molecule has 242 valence electrons. The predicted molar refractivity (Wildman–Crippen MR) is 171 cm³/mol. The molecule has 1 aromatic heterocycles. The molecule has 9 nitrogen and oxygen atoms in total. The van der Waals surface area contributed by atoms with Gasteiger partial charge in [0.05, 0.1) is 24.4 Å². The molecule has 1 aromatic carbocycles. The third-order valence-electron chi connectivity index (χ3n) is 8.84. The average Bonchev–Trinajstić information content (AvgIpc) is 3.04. The third kappa shape index (κ3) is 11.6. The number of benzene rings is 1. The lowest BCUT2D eigenvalue weighted by atomic mass is 9.81. The van der Waals surface area contributed by atoms with Crippen molar-refractivity contribution in [3.63, 3.8) is 0 Å². The topological polar surface area (TPSA) is 130 Å². The third-order valence-corrected chi connectivity index (χ3v) is 8.84. The first-order valence-corrected chi connectivity index (χ1v) is 16.3. The number of rotatable bonds is 17. The summed E-state index contributed by atoms with van der Waals surface area (Å²) in [6.45, 7) is 7.93. The molecular formula is C35H52N4O5. The number of hydrogen-bond acceptors (Lipinski definition) is 6. The number of amides is 3. The molecule has 1 heterocycles. The molecule has 44 heavy (non-hydrogen) atoms. The number of aliphatic hydroxyl groups excluding tert-OH is 1. The van der Waals surface area contributed by atoms with Gasteiger partial charge in [-0.05, 0) is 54.9 Å². The summed E-state index contributed by atoms with van der Waals surface area (Å²) in [6.07, 6.45) is 7.91. The minimum Gasteiger partial charge on any atom is -0.484 e. The number of hydrogen-bond donors (Lipinski definition) is 4. The van der Waals surface area contributed by atoms with Gasteiger partial charge in [-0.25, -0.2) is 0 Å². The Bertz CT molecular complexity index is 1140. The Hall–Kier alpha value is -3.46. The van der Waals surface area contributed by atoms with E-state index in [1.165, 1.54) is 6.42 Å². The average molecular weight is 609 g/mol. The van der Waals surface area contributed by atoms with Crippen LogP contribution in [0, 0.1) is 23.7 Å². The van der Waals surface area contributed by atoms with E-state index < -0.39 is 24.1 Å². The van der Waals surface area contributed by atoms with E-state index in [2.05, 4.69) is 20.9 Å². The molecule has 9 heteroatoms. The Balaban J connectivity index is 1.67. The fraction of sp³-hybridized carbons (Fsp3) is 0.600. The van der Waals surface area contributed by atoms with Gasteiger partial charge in [0, 0.05) is 12.1 Å². The van der Waals surface area contributed by atoms with Gasteiger partial charge in [-0.15, -0.1) is 0 Å². The maximum absolute atomic E-state index is 13.7. The Morgan fingerprint density at radius 2 is 1.66 bits per heavy atom. The summed E-state index contributed by atoms with van der Waals surface area (Å²) < 4.78 is 5.64. The van der Waals surface area contributed by atoms with Crippen molar-refractivity contribution in [2.75, 3.05) is 6.61 Å². The normalized spacial score (nSPS) is 17.1. The lowest BCUT2D eigenvalue weighted by Crippen LogP contribution is -2.53. The molecule has 3 amide bonds. The highest BCUT2D eigenvalue weighted by molar-refractivity contribution is 5.88. The minimum absolute atomic E-state index is 0.0914. The Labute approximate surface area is 263 Å². The summed E-state index contributed by atoms with van der Waals surface area (Å²) in [5.41, 5.74) is 0.735. The molecule has 3 rings (SSSR count). The first-order chi connectivity index (χ1) is 21.2. The monoisotopic (exact) mass is 608 g/mol. The van der Waals surface area contributed by atoms with Crippen molar-refractivity contribution in [2.45, 2.75) is 104 Å². The number of aliphatic hydroxyl groups is 1. The van der Waals surface area contributed by atoms with E-state index in [4.69, 9.17) is 4.74 Å². The predicted octanol–water partition coefficient (Wildman–Crippen LogP) is 4.79. The highest BCUT2D eigenvalue weighted by Gasteiger charge is 2.34. The Morgan fingerprint density at radius 3 is 2.30 bits per heavy atom. The van der Waals surface area contributed by atoms with Crippen LogP contribution in [0.2, 0.25) is 0 Å². The number of carbonyl (C=O) groups is 3. The van der Waals surface area contributed by atoms with Crippen molar-refractivity contribution in [2.24, 2.45) is 23.7 Å². The molecule has 1 fully saturated rings. The van der Waals surface area contributed by atoms with Gasteiger partial charge < -0.3 is 25.8 Å². The van der Waals surface area contributed by atoms with Crippen molar-refractivity contribution < 1.29 is 24.2 Å². The SMILES string of the molecule is CCC(C)[C@H](NC(=O)[C@H](C[C@H](O)[C@H](CC1CCCCC1)NC(=O)COc1ccccc1)C(C)C)C(=O)NCc1ccccn1. The van der Waals surface area contributed by atoms with Gasteiger partial charge in [0.15, 0.2) is 6.61 Å². The largest absolute Gasteiger partial charge is 0.484 e. The fourth-order valence-corrected chi connectivity index (χ4v) is 5.87. The first-order valence-electron chi connectivity index (χ1n) is 16.3. The van der Waals surface area contributed by atoms with Crippen LogP contribution in [0.5, 0.6) is 5.75 Å². The highest BCUT2D eigenvalue weighted by Crippen LogP contribution is 2.30. The van der Waals surface area contributed by atoms with Crippen LogP contribution in [0.4, 0.5) is 0 Å². The molecule has 1 unspecified atom stereocenters. The second-order valence-corrected chi connectivity index (χ2v) is 12.6. The standard InChI is InChI=1S/C35H52N4O5/c1-5-25(4)33(35(43)37-22-27-16-12-13-19-36-27)39-34(42)29(24(2)3)21-31(40)30(20-26-14-8-6-9-15-26)38-32(41)23-44-28-17-10-7-11-18-28/h7,10-13,16-19,24-26,29-31,33,40H,5-6,8-9,14-15,20-23H2,1-4H3,(H,37,43)(H,38,41)(H,39,42)/t25?,29-,30+,31+,33+/m1/s1. The van der Waals surface area contributed by atoms with Crippen LogP contribution in [-0.4, -0.2) is 52.6 Å². The summed E-state index contributed by atoms with van der Waals surface area (Å²) in [7, 11) is 0. The van der Waals surface area contributed by atoms with Crippen molar-refractivity contribution in [1.82, 2.24) is 20.9 Å². The number of nitrogens with zero attached hydrogens (tertiary/aromatic N) is 1. The number of aromatic nitrogens is 1. The summed E-state index contributed by atoms with van der Waals surface area (Å²) in [5.74, 6) is -0.567. The quantitative estimate of drug-likeness (QED) is 0.205. The maximum atomic E-state index is 13.7. The smallest absolute Gasteiger partial charge is 0.258 e. The van der Waals surface area contributed by atoms with Gasteiger partial charge in [-0.1, -0.05) is 90.5 Å².